The molecular weight excluding hydrogens is 240 g/mol. The van der Waals surface area contributed by atoms with Gasteiger partial charge in [0, 0.05) is 17.5 Å². The van der Waals surface area contributed by atoms with Gasteiger partial charge in [-0.25, -0.2) is 0 Å². The number of rotatable bonds is 4. The first-order valence-electron chi connectivity index (χ1n) is 6.18. The van der Waals surface area contributed by atoms with Gasteiger partial charge in [0.15, 0.2) is 0 Å². The van der Waals surface area contributed by atoms with Gasteiger partial charge in [-0.1, -0.05) is 24.3 Å². The highest BCUT2D eigenvalue weighted by molar-refractivity contribution is 7.16. The molecule has 0 radical (unpaired) electrons. The van der Waals surface area contributed by atoms with Crippen molar-refractivity contribution in [3.8, 4) is 16.5 Å². The number of thiophene rings is 1. The normalized spacial score (nSPS) is 14.4. The number of nitrogens with zero attached hydrogens (tertiary/aromatic N) is 1. The van der Waals surface area contributed by atoms with E-state index >= 15 is 0 Å². The fourth-order valence-electron chi connectivity index (χ4n) is 1.89. The number of nitriles is 1. The molecule has 3 rings (SSSR count). The van der Waals surface area contributed by atoms with Crippen LogP contribution in [0.15, 0.2) is 36.4 Å². The van der Waals surface area contributed by atoms with Gasteiger partial charge in [0.05, 0.1) is 0 Å². The third kappa shape index (κ3) is 2.61. The lowest BCUT2D eigenvalue weighted by atomic mass is 10.1. The highest BCUT2D eigenvalue weighted by Gasteiger charge is 2.19. The summed E-state index contributed by atoms with van der Waals surface area (Å²) in [6.07, 6.45) is 2.65. The van der Waals surface area contributed by atoms with E-state index in [9.17, 15) is 0 Å². The van der Waals surface area contributed by atoms with Crippen molar-refractivity contribution in [1.82, 2.24) is 5.32 Å². The van der Waals surface area contributed by atoms with Crippen molar-refractivity contribution in [3.63, 3.8) is 0 Å². The SMILES string of the molecule is N#Cc1ccc(-c2ccc(CNC3CC3)cc2)s1. The van der Waals surface area contributed by atoms with E-state index in [-0.39, 0.29) is 0 Å². The van der Waals surface area contributed by atoms with Gasteiger partial charge < -0.3 is 5.32 Å². The van der Waals surface area contributed by atoms with Crippen molar-refractivity contribution < 1.29 is 0 Å². The zero-order valence-corrected chi connectivity index (χ0v) is 10.8. The number of benzene rings is 1. The Kier molecular flexibility index (Phi) is 3.14. The van der Waals surface area contributed by atoms with Crippen LogP contribution in [-0.4, -0.2) is 6.04 Å². The van der Waals surface area contributed by atoms with E-state index in [0.717, 1.165) is 22.3 Å². The van der Waals surface area contributed by atoms with E-state index in [1.165, 1.54) is 24.0 Å². The molecule has 1 aromatic heterocycles. The second-order valence-electron chi connectivity index (χ2n) is 4.63. The molecule has 0 spiro atoms. The van der Waals surface area contributed by atoms with Gasteiger partial charge in [-0.3, -0.25) is 0 Å². The van der Waals surface area contributed by atoms with E-state index in [0.29, 0.717) is 0 Å². The second-order valence-corrected chi connectivity index (χ2v) is 5.71. The molecule has 2 aromatic rings. The van der Waals surface area contributed by atoms with E-state index in [1.54, 1.807) is 11.3 Å². The molecule has 0 amide bonds. The molecule has 0 bridgehead atoms. The number of hydrogen-bond acceptors (Lipinski definition) is 3. The lowest BCUT2D eigenvalue weighted by Gasteiger charge is -2.04. The Bertz CT molecular complexity index is 573. The summed E-state index contributed by atoms with van der Waals surface area (Å²) in [5, 5.41) is 12.3. The molecule has 0 aliphatic heterocycles. The van der Waals surface area contributed by atoms with Crippen molar-refractivity contribution in [1.29, 1.82) is 5.26 Å². The minimum absolute atomic E-state index is 0.750. The first-order valence-corrected chi connectivity index (χ1v) is 6.99. The van der Waals surface area contributed by atoms with Crippen LogP contribution in [0.2, 0.25) is 0 Å². The summed E-state index contributed by atoms with van der Waals surface area (Å²) in [5.41, 5.74) is 2.51. The van der Waals surface area contributed by atoms with Crippen LogP contribution in [0.4, 0.5) is 0 Å². The Morgan fingerprint density at radius 2 is 1.94 bits per heavy atom. The molecule has 2 nitrogen and oxygen atoms in total. The van der Waals surface area contributed by atoms with Crippen LogP contribution in [0.3, 0.4) is 0 Å². The molecule has 1 aliphatic carbocycles. The molecule has 1 aliphatic rings. The molecular formula is C15H14N2S. The molecule has 1 fully saturated rings. The first-order chi connectivity index (χ1) is 8.85. The van der Waals surface area contributed by atoms with Crippen molar-refractivity contribution in [2.45, 2.75) is 25.4 Å². The van der Waals surface area contributed by atoms with Gasteiger partial charge >= 0.3 is 0 Å². The van der Waals surface area contributed by atoms with Gasteiger partial charge in [-0.05, 0) is 36.1 Å². The highest BCUT2D eigenvalue weighted by atomic mass is 32.1. The van der Waals surface area contributed by atoms with E-state index in [4.69, 9.17) is 5.26 Å². The van der Waals surface area contributed by atoms with Gasteiger partial charge in [0.1, 0.15) is 10.9 Å². The molecule has 0 atom stereocenters. The predicted molar refractivity (Wildman–Crippen MR) is 74.3 cm³/mol. The third-order valence-electron chi connectivity index (χ3n) is 3.13. The molecule has 1 saturated carbocycles. The zero-order chi connectivity index (χ0) is 12.4. The number of nitrogens with one attached hydrogen (secondary N) is 1. The fourth-order valence-corrected chi connectivity index (χ4v) is 2.70. The quantitative estimate of drug-likeness (QED) is 0.906. The average Bonchev–Trinajstić information content (AvgIpc) is 3.12. The maximum absolute atomic E-state index is 8.82. The van der Waals surface area contributed by atoms with Gasteiger partial charge in [-0.15, -0.1) is 11.3 Å². The van der Waals surface area contributed by atoms with Crippen LogP contribution in [0.1, 0.15) is 23.3 Å². The Balaban J connectivity index is 1.71. The maximum Gasteiger partial charge on any atom is 0.110 e. The Hall–Kier alpha value is -1.63. The zero-order valence-electron chi connectivity index (χ0n) is 10.0. The second kappa shape index (κ2) is 4.93. The van der Waals surface area contributed by atoms with Crippen LogP contribution >= 0.6 is 11.3 Å². The topological polar surface area (TPSA) is 35.8 Å². The number of hydrogen-bond donors (Lipinski definition) is 1. The van der Waals surface area contributed by atoms with Crippen LogP contribution in [-0.2, 0) is 6.54 Å². The predicted octanol–water partition coefficient (Wildman–Crippen LogP) is 3.54. The molecule has 1 heterocycles. The summed E-state index contributed by atoms with van der Waals surface area (Å²) in [5.74, 6) is 0. The van der Waals surface area contributed by atoms with Crippen LogP contribution in [0, 0.1) is 11.3 Å². The lowest BCUT2D eigenvalue weighted by molar-refractivity contribution is 0.688. The Morgan fingerprint density at radius 1 is 1.17 bits per heavy atom. The smallest absolute Gasteiger partial charge is 0.110 e. The minimum Gasteiger partial charge on any atom is -0.310 e. The van der Waals surface area contributed by atoms with E-state index in [2.05, 4.69) is 35.7 Å². The first kappa shape index (κ1) is 11.5. The molecule has 90 valence electrons. The van der Waals surface area contributed by atoms with Gasteiger partial charge in [0.25, 0.3) is 0 Å². The summed E-state index contributed by atoms with van der Waals surface area (Å²) in [6.45, 7) is 0.957. The summed E-state index contributed by atoms with van der Waals surface area (Å²) in [4.78, 5) is 1.93. The van der Waals surface area contributed by atoms with Crippen LogP contribution in [0.25, 0.3) is 10.4 Å². The largest absolute Gasteiger partial charge is 0.310 e. The van der Waals surface area contributed by atoms with E-state index < -0.39 is 0 Å². The summed E-state index contributed by atoms with van der Waals surface area (Å²) in [6, 6.07) is 15.4. The monoisotopic (exact) mass is 254 g/mol. The van der Waals surface area contributed by atoms with Crippen molar-refractivity contribution in [2.75, 3.05) is 0 Å². The molecule has 0 unspecified atom stereocenters. The molecule has 1 N–H and O–H groups in total. The Labute approximate surface area is 111 Å². The molecule has 1 aromatic carbocycles. The van der Waals surface area contributed by atoms with Gasteiger partial charge in [0.2, 0.25) is 0 Å². The van der Waals surface area contributed by atoms with Crippen molar-refractivity contribution in [2.24, 2.45) is 0 Å². The van der Waals surface area contributed by atoms with Crippen molar-refractivity contribution in [3.05, 3.63) is 46.8 Å². The maximum atomic E-state index is 8.82. The van der Waals surface area contributed by atoms with Crippen LogP contribution in [0.5, 0.6) is 0 Å². The average molecular weight is 254 g/mol. The van der Waals surface area contributed by atoms with Gasteiger partial charge in [-0.2, -0.15) is 5.26 Å². The summed E-state index contributed by atoms with van der Waals surface area (Å²) < 4.78 is 0. The fraction of sp³-hybridized carbons (Fsp3) is 0.267. The minimum atomic E-state index is 0.750. The van der Waals surface area contributed by atoms with Crippen molar-refractivity contribution >= 4 is 11.3 Å². The molecule has 0 saturated heterocycles. The van der Waals surface area contributed by atoms with Crippen LogP contribution < -0.4 is 5.32 Å². The Morgan fingerprint density at radius 3 is 2.56 bits per heavy atom. The summed E-state index contributed by atoms with van der Waals surface area (Å²) in [7, 11) is 0. The lowest BCUT2D eigenvalue weighted by Crippen LogP contribution is -2.14. The highest BCUT2D eigenvalue weighted by Crippen LogP contribution is 2.28. The van der Waals surface area contributed by atoms with E-state index in [1.807, 2.05) is 12.1 Å². The summed E-state index contributed by atoms with van der Waals surface area (Å²) >= 11 is 1.54. The molecule has 3 heteroatoms. The molecule has 18 heavy (non-hydrogen) atoms. The third-order valence-corrected chi connectivity index (χ3v) is 4.17. The standard InChI is InChI=1S/C15H14N2S/c16-9-14-7-8-15(18-14)12-3-1-11(2-4-12)10-17-13-5-6-13/h1-4,7-8,13,17H,5-6,10H2.